The van der Waals surface area contributed by atoms with E-state index in [1.165, 1.54) is 10.6 Å². The number of aromatic nitrogens is 4. The Bertz CT molecular complexity index is 1170. The van der Waals surface area contributed by atoms with Crippen LogP contribution in [0.25, 0.3) is 5.78 Å². The van der Waals surface area contributed by atoms with Crippen molar-refractivity contribution in [3.8, 4) is 0 Å². The highest BCUT2D eigenvalue weighted by molar-refractivity contribution is 6.30. The van der Waals surface area contributed by atoms with E-state index in [0.717, 1.165) is 16.8 Å². The molecule has 0 aliphatic carbocycles. The zero-order chi connectivity index (χ0) is 19.5. The Morgan fingerprint density at radius 2 is 1.86 bits per heavy atom. The summed E-state index contributed by atoms with van der Waals surface area (Å²) in [6.45, 7) is 3.02. The van der Waals surface area contributed by atoms with Crippen LogP contribution in [0.15, 0.2) is 59.4 Å². The highest BCUT2D eigenvalue weighted by Gasteiger charge is 2.08. The molecule has 0 amide bonds. The van der Waals surface area contributed by atoms with Crippen LogP contribution in [0.5, 0.6) is 0 Å². The number of H-pyrrole nitrogens is 1. The number of nitrogens with one attached hydrogen (secondary N) is 3. The van der Waals surface area contributed by atoms with Crippen molar-refractivity contribution in [1.82, 2.24) is 19.6 Å². The molecule has 0 unspecified atom stereocenters. The summed E-state index contributed by atoms with van der Waals surface area (Å²) in [5, 5.41) is 10.0. The molecule has 0 fully saturated rings. The van der Waals surface area contributed by atoms with Crippen LogP contribution in [-0.4, -0.2) is 19.6 Å². The largest absolute Gasteiger partial charge is 0.379 e. The molecule has 7 nitrogen and oxygen atoms in total. The predicted octanol–water partition coefficient (Wildman–Crippen LogP) is 3.60. The normalized spacial score (nSPS) is 10.9. The van der Waals surface area contributed by atoms with Crippen molar-refractivity contribution in [2.24, 2.45) is 0 Å². The number of halogens is 1. The molecule has 2 aromatic carbocycles. The van der Waals surface area contributed by atoms with E-state index in [2.05, 4.69) is 25.7 Å². The summed E-state index contributed by atoms with van der Waals surface area (Å²) in [6, 6.07) is 17.0. The number of fused-ring (bicyclic) bond motifs is 1. The standard InChI is InChI=1S/C20H19ClN6O/c1-13-3-2-4-16(9-13)22-12-17-10-18(28)27-20(24-17)25-19(26-27)23-11-14-5-7-15(21)8-6-14/h2-10,22H,11-12H2,1H3,(H2,23,24,25,26). The van der Waals surface area contributed by atoms with Crippen LogP contribution in [0, 0.1) is 6.92 Å². The number of hydrogen-bond acceptors (Lipinski definition) is 5. The van der Waals surface area contributed by atoms with Crippen LogP contribution in [0.4, 0.5) is 11.6 Å². The predicted molar refractivity (Wildman–Crippen MR) is 111 cm³/mol. The molecule has 0 aliphatic heterocycles. The molecule has 0 atom stereocenters. The fourth-order valence-corrected chi connectivity index (χ4v) is 2.96. The van der Waals surface area contributed by atoms with E-state index in [-0.39, 0.29) is 5.56 Å². The molecule has 0 bridgehead atoms. The Hall–Kier alpha value is -3.32. The van der Waals surface area contributed by atoms with Gasteiger partial charge in [-0.05, 0) is 42.3 Å². The number of nitrogens with zero attached hydrogens (tertiary/aromatic N) is 3. The molecular weight excluding hydrogens is 376 g/mol. The van der Waals surface area contributed by atoms with Gasteiger partial charge in [-0.1, -0.05) is 35.9 Å². The first-order valence-corrected chi connectivity index (χ1v) is 9.22. The van der Waals surface area contributed by atoms with Gasteiger partial charge in [0.15, 0.2) is 0 Å². The number of aryl methyl sites for hydroxylation is 1. The average molecular weight is 395 g/mol. The van der Waals surface area contributed by atoms with E-state index in [9.17, 15) is 4.79 Å². The second-order valence-electron chi connectivity index (χ2n) is 6.50. The Labute approximate surface area is 166 Å². The summed E-state index contributed by atoms with van der Waals surface area (Å²) in [6.07, 6.45) is 0. The second kappa shape index (κ2) is 7.74. The zero-order valence-electron chi connectivity index (χ0n) is 15.2. The third-order valence-corrected chi connectivity index (χ3v) is 4.50. The average Bonchev–Trinajstić information content (AvgIpc) is 3.10. The van der Waals surface area contributed by atoms with Gasteiger partial charge >= 0.3 is 0 Å². The van der Waals surface area contributed by atoms with Crippen LogP contribution in [0.3, 0.4) is 0 Å². The summed E-state index contributed by atoms with van der Waals surface area (Å²) in [5.74, 6) is 0.801. The van der Waals surface area contributed by atoms with Crippen molar-refractivity contribution in [2.45, 2.75) is 20.0 Å². The molecule has 142 valence electrons. The topological polar surface area (TPSA) is 87.1 Å². The van der Waals surface area contributed by atoms with Crippen molar-refractivity contribution >= 4 is 29.0 Å². The highest BCUT2D eigenvalue weighted by atomic mass is 35.5. The quantitative estimate of drug-likeness (QED) is 0.465. The van der Waals surface area contributed by atoms with Gasteiger partial charge in [-0.15, -0.1) is 0 Å². The first kappa shape index (κ1) is 18.1. The molecule has 0 spiro atoms. The first-order chi connectivity index (χ1) is 13.6. The third kappa shape index (κ3) is 4.15. The minimum absolute atomic E-state index is 0.210. The Balaban J connectivity index is 1.48. The number of benzene rings is 2. The Morgan fingerprint density at radius 3 is 2.64 bits per heavy atom. The van der Waals surface area contributed by atoms with E-state index in [0.29, 0.717) is 35.5 Å². The lowest BCUT2D eigenvalue weighted by Crippen LogP contribution is -2.17. The molecular formula is C20H19ClN6O. The Morgan fingerprint density at radius 1 is 1.04 bits per heavy atom. The van der Waals surface area contributed by atoms with Crippen molar-refractivity contribution in [3.63, 3.8) is 0 Å². The number of rotatable bonds is 6. The van der Waals surface area contributed by atoms with Crippen molar-refractivity contribution in [3.05, 3.63) is 86.8 Å². The molecule has 28 heavy (non-hydrogen) atoms. The van der Waals surface area contributed by atoms with Crippen LogP contribution in [-0.2, 0) is 13.1 Å². The highest BCUT2D eigenvalue weighted by Crippen LogP contribution is 2.12. The summed E-state index contributed by atoms with van der Waals surface area (Å²) in [4.78, 5) is 21.2. The lowest BCUT2D eigenvalue weighted by atomic mass is 10.2. The molecule has 8 heteroatoms. The summed E-state index contributed by atoms with van der Waals surface area (Å²) >= 11 is 5.90. The molecule has 0 saturated carbocycles. The molecule has 2 heterocycles. The van der Waals surface area contributed by atoms with Gasteiger partial charge < -0.3 is 10.6 Å². The summed E-state index contributed by atoms with van der Waals surface area (Å²) in [5.41, 5.74) is 3.61. The summed E-state index contributed by atoms with van der Waals surface area (Å²) < 4.78 is 1.32. The van der Waals surface area contributed by atoms with E-state index in [1.807, 2.05) is 55.5 Å². The maximum atomic E-state index is 12.4. The minimum Gasteiger partial charge on any atom is -0.379 e. The first-order valence-electron chi connectivity index (χ1n) is 8.84. The van der Waals surface area contributed by atoms with E-state index < -0.39 is 0 Å². The molecule has 4 aromatic rings. The van der Waals surface area contributed by atoms with Gasteiger partial charge in [0.05, 0.1) is 12.2 Å². The van der Waals surface area contributed by atoms with Crippen molar-refractivity contribution < 1.29 is 0 Å². The molecule has 4 rings (SSSR count). The van der Waals surface area contributed by atoms with Crippen LogP contribution in [0.1, 0.15) is 16.8 Å². The van der Waals surface area contributed by atoms with Crippen molar-refractivity contribution in [1.29, 1.82) is 0 Å². The maximum Gasteiger partial charge on any atom is 0.274 e. The van der Waals surface area contributed by atoms with Gasteiger partial charge in [0, 0.05) is 23.3 Å². The number of hydrogen-bond donors (Lipinski definition) is 3. The van der Waals surface area contributed by atoms with Gasteiger partial charge in [0.1, 0.15) is 0 Å². The fraction of sp³-hybridized carbons (Fsp3) is 0.150. The maximum absolute atomic E-state index is 12.4. The number of aromatic amines is 1. The van der Waals surface area contributed by atoms with E-state index in [1.54, 1.807) is 0 Å². The van der Waals surface area contributed by atoms with E-state index >= 15 is 0 Å². The minimum atomic E-state index is -0.210. The van der Waals surface area contributed by atoms with Crippen LogP contribution < -0.4 is 16.2 Å². The molecule has 2 aromatic heterocycles. The van der Waals surface area contributed by atoms with Gasteiger partial charge in [0.2, 0.25) is 5.95 Å². The van der Waals surface area contributed by atoms with Gasteiger partial charge in [-0.3, -0.25) is 9.89 Å². The van der Waals surface area contributed by atoms with Crippen LogP contribution in [0.2, 0.25) is 5.02 Å². The van der Waals surface area contributed by atoms with Gasteiger partial charge in [-0.2, -0.15) is 9.50 Å². The fourth-order valence-electron chi connectivity index (χ4n) is 2.83. The van der Waals surface area contributed by atoms with Crippen LogP contribution >= 0.6 is 11.6 Å². The second-order valence-corrected chi connectivity index (χ2v) is 6.93. The molecule has 0 saturated heterocycles. The number of anilines is 2. The zero-order valence-corrected chi connectivity index (χ0v) is 16.0. The lowest BCUT2D eigenvalue weighted by molar-refractivity contribution is 0.874. The molecule has 3 N–H and O–H groups in total. The smallest absolute Gasteiger partial charge is 0.274 e. The SMILES string of the molecule is Cc1cccc(NCc2cc(=O)n3[nH]c(NCc4ccc(Cl)cc4)nc3n2)c1. The Kier molecular flexibility index (Phi) is 4.99. The molecule has 0 radical (unpaired) electrons. The summed E-state index contributed by atoms with van der Waals surface area (Å²) in [7, 11) is 0. The van der Waals surface area contributed by atoms with Gasteiger partial charge in [-0.25, -0.2) is 4.98 Å². The van der Waals surface area contributed by atoms with Gasteiger partial charge in [0.25, 0.3) is 11.3 Å². The lowest BCUT2D eigenvalue weighted by Gasteiger charge is -2.06. The monoisotopic (exact) mass is 394 g/mol. The third-order valence-electron chi connectivity index (χ3n) is 4.25. The van der Waals surface area contributed by atoms with E-state index in [4.69, 9.17) is 11.6 Å². The molecule has 0 aliphatic rings. The van der Waals surface area contributed by atoms with Crippen molar-refractivity contribution in [2.75, 3.05) is 10.6 Å².